The van der Waals surface area contributed by atoms with E-state index in [4.69, 9.17) is 14.9 Å². The highest BCUT2D eigenvalue weighted by atomic mass is 16.5. The highest BCUT2D eigenvalue weighted by Crippen LogP contribution is 2.34. The van der Waals surface area contributed by atoms with Crippen molar-refractivity contribution >= 4 is 16.9 Å². The number of rotatable bonds is 3. The Morgan fingerprint density at radius 1 is 1.08 bits per heavy atom. The molecular formula is C18H14N4O2. The Hall–Kier alpha value is -3.41. The van der Waals surface area contributed by atoms with Crippen LogP contribution in [0.25, 0.3) is 33.6 Å². The summed E-state index contributed by atoms with van der Waals surface area (Å²) in [5.74, 6) is 1.86. The van der Waals surface area contributed by atoms with Gasteiger partial charge < -0.3 is 14.9 Å². The molecule has 24 heavy (non-hydrogen) atoms. The minimum atomic E-state index is 0.375. The van der Waals surface area contributed by atoms with Crippen LogP contribution < -0.4 is 10.5 Å². The summed E-state index contributed by atoms with van der Waals surface area (Å²) in [6.45, 7) is 0. The second kappa shape index (κ2) is 5.66. The van der Waals surface area contributed by atoms with Gasteiger partial charge in [0.05, 0.1) is 24.5 Å². The van der Waals surface area contributed by atoms with E-state index in [2.05, 4.69) is 15.0 Å². The first-order chi connectivity index (χ1) is 11.8. The molecule has 4 rings (SSSR count). The molecule has 0 atom stereocenters. The fourth-order valence-electron chi connectivity index (χ4n) is 2.62. The number of pyridine rings is 1. The molecule has 0 fully saturated rings. The van der Waals surface area contributed by atoms with E-state index in [1.807, 2.05) is 42.5 Å². The van der Waals surface area contributed by atoms with Crippen molar-refractivity contribution < 1.29 is 9.15 Å². The van der Waals surface area contributed by atoms with E-state index in [1.165, 1.54) is 6.33 Å². The quantitative estimate of drug-likeness (QED) is 0.621. The van der Waals surface area contributed by atoms with Gasteiger partial charge in [0.1, 0.15) is 23.7 Å². The molecule has 0 saturated heterocycles. The number of furan rings is 1. The molecule has 2 N–H and O–H groups in total. The summed E-state index contributed by atoms with van der Waals surface area (Å²) < 4.78 is 10.8. The van der Waals surface area contributed by atoms with Crippen LogP contribution in [0.3, 0.4) is 0 Å². The largest absolute Gasteiger partial charge is 0.497 e. The molecule has 3 aromatic heterocycles. The second-order valence-corrected chi connectivity index (χ2v) is 5.22. The van der Waals surface area contributed by atoms with Crippen molar-refractivity contribution in [1.29, 1.82) is 0 Å². The predicted octanol–water partition coefficient (Wildman–Crippen LogP) is 3.54. The molecule has 0 saturated carbocycles. The van der Waals surface area contributed by atoms with Gasteiger partial charge in [0.2, 0.25) is 0 Å². The molecule has 0 radical (unpaired) electrons. The molecule has 118 valence electrons. The molecule has 3 heterocycles. The molecule has 0 aliphatic rings. The molecule has 0 amide bonds. The number of aromatic nitrogens is 3. The Labute approximate surface area is 137 Å². The third kappa shape index (κ3) is 2.34. The van der Waals surface area contributed by atoms with Crippen LogP contribution in [0.5, 0.6) is 5.75 Å². The number of anilines is 1. The predicted molar refractivity (Wildman–Crippen MR) is 91.4 cm³/mol. The minimum Gasteiger partial charge on any atom is -0.497 e. The van der Waals surface area contributed by atoms with Gasteiger partial charge in [0.25, 0.3) is 0 Å². The number of ether oxygens (including phenoxy) is 1. The second-order valence-electron chi connectivity index (χ2n) is 5.22. The zero-order valence-electron chi connectivity index (χ0n) is 12.9. The Morgan fingerprint density at radius 2 is 1.92 bits per heavy atom. The van der Waals surface area contributed by atoms with Gasteiger partial charge in [-0.05, 0) is 42.5 Å². The summed E-state index contributed by atoms with van der Waals surface area (Å²) >= 11 is 0. The van der Waals surface area contributed by atoms with Gasteiger partial charge in [-0.1, -0.05) is 0 Å². The molecule has 4 aromatic rings. The van der Waals surface area contributed by atoms with Crippen LogP contribution in [0, 0.1) is 0 Å². The van der Waals surface area contributed by atoms with Crippen molar-refractivity contribution in [3.63, 3.8) is 0 Å². The number of hydrogen-bond acceptors (Lipinski definition) is 6. The van der Waals surface area contributed by atoms with E-state index in [0.29, 0.717) is 22.6 Å². The average molecular weight is 318 g/mol. The Balaban J connectivity index is 1.97. The molecule has 0 spiro atoms. The van der Waals surface area contributed by atoms with E-state index in [-0.39, 0.29) is 0 Å². The van der Waals surface area contributed by atoms with E-state index in [9.17, 15) is 0 Å². The monoisotopic (exact) mass is 318 g/mol. The van der Waals surface area contributed by atoms with Gasteiger partial charge in [-0.25, -0.2) is 15.0 Å². The Kier molecular flexibility index (Phi) is 3.35. The number of benzene rings is 1. The number of nitrogen functional groups attached to an aromatic ring is 1. The van der Waals surface area contributed by atoms with Gasteiger partial charge in [0.15, 0.2) is 5.65 Å². The molecule has 0 bridgehead atoms. The summed E-state index contributed by atoms with van der Waals surface area (Å²) in [6.07, 6.45) is 3.03. The molecule has 1 aromatic carbocycles. The fourth-order valence-corrected chi connectivity index (χ4v) is 2.62. The van der Waals surface area contributed by atoms with E-state index >= 15 is 0 Å². The van der Waals surface area contributed by atoms with Crippen LogP contribution in [-0.2, 0) is 0 Å². The average Bonchev–Trinajstić information content (AvgIpc) is 3.16. The zero-order valence-corrected chi connectivity index (χ0v) is 12.9. The van der Waals surface area contributed by atoms with Gasteiger partial charge >= 0.3 is 0 Å². The van der Waals surface area contributed by atoms with Crippen LogP contribution in [0.1, 0.15) is 0 Å². The van der Waals surface area contributed by atoms with Crippen molar-refractivity contribution in [1.82, 2.24) is 15.0 Å². The lowest BCUT2D eigenvalue weighted by Gasteiger charge is -2.09. The lowest BCUT2D eigenvalue weighted by atomic mass is 10.0. The third-order valence-corrected chi connectivity index (χ3v) is 3.81. The fraction of sp³-hybridized carbons (Fsp3) is 0.0556. The summed E-state index contributed by atoms with van der Waals surface area (Å²) in [6, 6.07) is 13.3. The van der Waals surface area contributed by atoms with Crippen molar-refractivity contribution in [2.45, 2.75) is 0 Å². The van der Waals surface area contributed by atoms with Crippen LogP contribution in [-0.4, -0.2) is 22.1 Å². The molecule has 6 heteroatoms. The Bertz CT molecular complexity index is 996. The minimum absolute atomic E-state index is 0.375. The van der Waals surface area contributed by atoms with Crippen LogP contribution >= 0.6 is 0 Å². The maximum absolute atomic E-state index is 6.04. The van der Waals surface area contributed by atoms with Crippen LogP contribution in [0.4, 0.5) is 5.82 Å². The molecule has 0 aliphatic heterocycles. The summed E-state index contributed by atoms with van der Waals surface area (Å²) in [5.41, 5.74) is 9.10. The maximum atomic E-state index is 6.04. The van der Waals surface area contributed by atoms with E-state index in [1.54, 1.807) is 13.4 Å². The SMILES string of the molecule is COc1ccc(-c2cc(-c3ccco3)c3c(N)ncnc3n2)cc1. The first kappa shape index (κ1) is 14.2. The summed E-state index contributed by atoms with van der Waals surface area (Å²) in [5, 5.41) is 0.685. The van der Waals surface area contributed by atoms with Crippen molar-refractivity contribution in [3.8, 4) is 28.3 Å². The number of nitrogens with two attached hydrogens (primary N) is 1. The standard InChI is InChI=1S/C18H14N4O2/c1-23-12-6-4-11(5-7-12)14-9-13(15-3-2-8-24-15)16-17(19)20-10-21-18(16)22-14/h2-10H,1H3,(H2,19,20,21,22). The van der Waals surface area contributed by atoms with Crippen LogP contribution in [0.15, 0.2) is 59.5 Å². The molecule has 0 unspecified atom stereocenters. The van der Waals surface area contributed by atoms with E-state index in [0.717, 1.165) is 22.6 Å². The molecule has 6 nitrogen and oxygen atoms in total. The smallest absolute Gasteiger partial charge is 0.165 e. The third-order valence-electron chi connectivity index (χ3n) is 3.81. The first-order valence-corrected chi connectivity index (χ1v) is 7.36. The van der Waals surface area contributed by atoms with Gasteiger partial charge in [-0.15, -0.1) is 0 Å². The number of fused-ring (bicyclic) bond motifs is 1. The summed E-state index contributed by atoms with van der Waals surface area (Å²) in [4.78, 5) is 13.0. The van der Waals surface area contributed by atoms with Crippen molar-refractivity contribution in [2.75, 3.05) is 12.8 Å². The first-order valence-electron chi connectivity index (χ1n) is 7.36. The van der Waals surface area contributed by atoms with Gasteiger partial charge in [-0.2, -0.15) is 0 Å². The lowest BCUT2D eigenvalue weighted by Crippen LogP contribution is -1.98. The molecule has 0 aliphatic carbocycles. The zero-order chi connectivity index (χ0) is 16.5. The van der Waals surface area contributed by atoms with Gasteiger partial charge in [-0.3, -0.25) is 0 Å². The Morgan fingerprint density at radius 3 is 2.62 bits per heavy atom. The van der Waals surface area contributed by atoms with E-state index < -0.39 is 0 Å². The highest BCUT2D eigenvalue weighted by Gasteiger charge is 2.15. The van der Waals surface area contributed by atoms with Crippen LogP contribution in [0.2, 0.25) is 0 Å². The van der Waals surface area contributed by atoms with Crippen molar-refractivity contribution in [3.05, 3.63) is 55.1 Å². The van der Waals surface area contributed by atoms with Crippen molar-refractivity contribution in [2.24, 2.45) is 0 Å². The number of hydrogen-bond donors (Lipinski definition) is 1. The maximum Gasteiger partial charge on any atom is 0.165 e. The number of nitrogens with zero attached hydrogens (tertiary/aromatic N) is 3. The highest BCUT2D eigenvalue weighted by molar-refractivity contribution is 5.99. The lowest BCUT2D eigenvalue weighted by molar-refractivity contribution is 0.415. The summed E-state index contributed by atoms with van der Waals surface area (Å²) in [7, 11) is 1.64. The van der Waals surface area contributed by atoms with Gasteiger partial charge in [0, 0.05) is 11.1 Å². The number of methoxy groups -OCH3 is 1. The molecular weight excluding hydrogens is 304 g/mol. The normalized spacial score (nSPS) is 10.9. The topological polar surface area (TPSA) is 87.1 Å².